The van der Waals surface area contributed by atoms with Gasteiger partial charge >= 0.3 is 5.97 Å². The first-order valence-electron chi connectivity index (χ1n) is 9.67. The standard InChI is InChI=1S/C22H18FN5O2/c23-16-4-1-3-14(11-16)18-5-2-10-27(18)21-9-8-20-25-13-19(28(20)26-21)15-6-7-17(22(29)30)24-12-15/h1,3-4,6-9,11-13,18H,2,5,10H2,(H,29,30). The van der Waals surface area contributed by atoms with Gasteiger partial charge in [-0.15, -0.1) is 5.10 Å². The molecule has 1 atom stereocenters. The van der Waals surface area contributed by atoms with E-state index in [1.807, 2.05) is 18.2 Å². The number of carboxylic acid groups (broad SMARTS) is 1. The van der Waals surface area contributed by atoms with E-state index in [4.69, 9.17) is 10.2 Å². The summed E-state index contributed by atoms with van der Waals surface area (Å²) >= 11 is 0. The minimum Gasteiger partial charge on any atom is -0.477 e. The number of carbonyl (C=O) groups is 1. The first-order chi connectivity index (χ1) is 14.6. The molecule has 5 rings (SSSR count). The summed E-state index contributed by atoms with van der Waals surface area (Å²) in [5.41, 5.74) is 3.04. The number of pyridine rings is 1. The van der Waals surface area contributed by atoms with Crippen LogP contribution in [0.1, 0.15) is 34.9 Å². The lowest BCUT2D eigenvalue weighted by atomic mass is 10.0. The highest BCUT2D eigenvalue weighted by Crippen LogP contribution is 2.35. The van der Waals surface area contributed by atoms with E-state index in [-0.39, 0.29) is 17.6 Å². The zero-order valence-electron chi connectivity index (χ0n) is 15.9. The quantitative estimate of drug-likeness (QED) is 0.555. The third kappa shape index (κ3) is 3.16. The predicted octanol–water partition coefficient (Wildman–Crippen LogP) is 3.97. The van der Waals surface area contributed by atoms with Crippen molar-refractivity contribution in [3.63, 3.8) is 0 Å². The fraction of sp³-hybridized carbons (Fsp3) is 0.182. The van der Waals surface area contributed by atoms with Crippen molar-refractivity contribution in [1.29, 1.82) is 0 Å². The van der Waals surface area contributed by atoms with Crippen LogP contribution in [0.3, 0.4) is 0 Å². The molecule has 30 heavy (non-hydrogen) atoms. The van der Waals surface area contributed by atoms with E-state index in [1.165, 1.54) is 18.3 Å². The van der Waals surface area contributed by atoms with Crippen LogP contribution >= 0.6 is 0 Å². The van der Waals surface area contributed by atoms with Gasteiger partial charge in [0.1, 0.15) is 17.3 Å². The van der Waals surface area contributed by atoms with Crippen LogP contribution in [0.5, 0.6) is 0 Å². The molecular formula is C22H18FN5O2. The SMILES string of the molecule is O=C(O)c1ccc(-c2cnc3ccc(N4CCCC4c4cccc(F)c4)nn23)cn1. The molecule has 1 aliphatic heterocycles. The fourth-order valence-corrected chi connectivity index (χ4v) is 3.99. The number of halogens is 1. The molecule has 4 heterocycles. The Balaban J connectivity index is 1.53. The molecule has 0 saturated carbocycles. The summed E-state index contributed by atoms with van der Waals surface area (Å²) in [6, 6.07) is 13.8. The maximum atomic E-state index is 13.7. The van der Waals surface area contributed by atoms with Crippen molar-refractivity contribution >= 4 is 17.4 Å². The summed E-state index contributed by atoms with van der Waals surface area (Å²) in [5, 5.41) is 13.8. The Morgan fingerprint density at radius 1 is 1.10 bits per heavy atom. The number of hydrogen-bond donors (Lipinski definition) is 1. The number of imidazole rings is 1. The average molecular weight is 403 g/mol. The highest BCUT2D eigenvalue weighted by atomic mass is 19.1. The molecule has 3 aromatic heterocycles. The van der Waals surface area contributed by atoms with Gasteiger partial charge in [0.05, 0.1) is 17.9 Å². The van der Waals surface area contributed by atoms with Gasteiger partial charge < -0.3 is 10.0 Å². The molecule has 1 aliphatic rings. The number of anilines is 1. The van der Waals surface area contributed by atoms with Gasteiger partial charge in [0.2, 0.25) is 0 Å². The van der Waals surface area contributed by atoms with Gasteiger partial charge in [0, 0.05) is 18.3 Å². The Kier molecular flexibility index (Phi) is 4.39. The van der Waals surface area contributed by atoms with Crippen LogP contribution in [-0.2, 0) is 0 Å². The summed E-state index contributed by atoms with van der Waals surface area (Å²) in [4.78, 5) is 21.6. The van der Waals surface area contributed by atoms with Gasteiger partial charge in [-0.05, 0) is 54.8 Å². The second-order valence-corrected chi connectivity index (χ2v) is 7.25. The summed E-state index contributed by atoms with van der Waals surface area (Å²) < 4.78 is 15.5. The molecule has 1 N–H and O–H groups in total. The number of rotatable bonds is 4. The highest BCUT2D eigenvalue weighted by molar-refractivity contribution is 5.85. The lowest BCUT2D eigenvalue weighted by molar-refractivity contribution is 0.0690. The first-order valence-corrected chi connectivity index (χ1v) is 9.67. The van der Waals surface area contributed by atoms with Gasteiger partial charge in [-0.3, -0.25) is 0 Å². The molecule has 8 heteroatoms. The largest absolute Gasteiger partial charge is 0.477 e. The monoisotopic (exact) mass is 403 g/mol. The van der Waals surface area contributed by atoms with Crippen molar-refractivity contribution in [3.05, 3.63) is 78.0 Å². The smallest absolute Gasteiger partial charge is 0.354 e. The Morgan fingerprint density at radius 2 is 2.00 bits per heavy atom. The zero-order chi connectivity index (χ0) is 20.7. The van der Waals surface area contributed by atoms with Gasteiger partial charge in [-0.2, -0.15) is 0 Å². The molecule has 0 spiro atoms. The topological polar surface area (TPSA) is 83.6 Å². The molecule has 1 saturated heterocycles. The molecule has 0 radical (unpaired) electrons. The first kappa shape index (κ1) is 18.2. The summed E-state index contributed by atoms with van der Waals surface area (Å²) in [6.45, 7) is 0.832. The number of aromatic nitrogens is 4. The van der Waals surface area contributed by atoms with Crippen LogP contribution < -0.4 is 4.90 Å². The van der Waals surface area contributed by atoms with E-state index in [1.54, 1.807) is 28.9 Å². The molecule has 1 aromatic carbocycles. The van der Waals surface area contributed by atoms with Crippen molar-refractivity contribution in [2.45, 2.75) is 18.9 Å². The number of carboxylic acids is 1. The molecular weight excluding hydrogens is 385 g/mol. The molecule has 1 unspecified atom stereocenters. The fourth-order valence-electron chi connectivity index (χ4n) is 3.99. The summed E-state index contributed by atoms with van der Waals surface area (Å²) in [6.07, 6.45) is 5.13. The highest BCUT2D eigenvalue weighted by Gasteiger charge is 2.28. The third-order valence-corrected chi connectivity index (χ3v) is 5.41. The Hall–Kier alpha value is -3.81. The van der Waals surface area contributed by atoms with Crippen molar-refractivity contribution in [1.82, 2.24) is 19.6 Å². The summed E-state index contributed by atoms with van der Waals surface area (Å²) in [7, 11) is 0. The lowest BCUT2D eigenvalue weighted by Crippen LogP contribution is -2.24. The van der Waals surface area contributed by atoms with Crippen molar-refractivity contribution in [2.75, 3.05) is 11.4 Å². The van der Waals surface area contributed by atoms with E-state index in [2.05, 4.69) is 14.9 Å². The van der Waals surface area contributed by atoms with E-state index in [0.717, 1.165) is 42.0 Å². The second kappa shape index (κ2) is 7.22. The number of fused-ring (bicyclic) bond motifs is 1. The van der Waals surface area contributed by atoms with Gasteiger partial charge in [0.25, 0.3) is 0 Å². The van der Waals surface area contributed by atoms with Crippen LogP contribution in [0.2, 0.25) is 0 Å². The number of nitrogens with zero attached hydrogens (tertiary/aromatic N) is 5. The zero-order valence-corrected chi connectivity index (χ0v) is 15.9. The van der Waals surface area contributed by atoms with Crippen LogP contribution in [0.15, 0.2) is 60.9 Å². The number of hydrogen-bond acceptors (Lipinski definition) is 5. The van der Waals surface area contributed by atoms with E-state index in [9.17, 15) is 9.18 Å². The van der Waals surface area contributed by atoms with Crippen molar-refractivity contribution in [3.8, 4) is 11.3 Å². The third-order valence-electron chi connectivity index (χ3n) is 5.41. The predicted molar refractivity (Wildman–Crippen MR) is 109 cm³/mol. The van der Waals surface area contributed by atoms with E-state index >= 15 is 0 Å². The lowest BCUT2D eigenvalue weighted by Gasteiger charge is -2.26. The molecule has 0 aliphatic carbocycles. The molecule has 1 fully saturated rings. The van der Waals surface area contributed by atoms with Crippen LogP contribution in [0, 0.1) is 5.82 Å². The van der Waals surface area contributed by atoms with Gasteiger partial charge in [-0.1, -0.05) is 12.1 Å². The molecule has 4 aromatic rings. The normalized spacial score (nSPS) is 16.3. The molecule has 7 nitrogen and oxygen atoms in total. The minimum absolute atomic E-state index is 0.0174. The Morgan fingerprint density at radius 3 is 2.77 bits per heavy atom. The van der Waals surface area contributed by atoms with Crippen LogP contribution in [0.25, 0.3) is 16.9 Å². The molecule has 0 bridgehead atoms. The maximum Gasteiger partial charge on any atom is 0.354 e. The molecule has 0 amide bonds. The maximum absolute atomic E-state index is 13.7. The number of benzene rings is 1. The Bertz CT molecular complexity index is 1240. The Labute approximate surface area is 171 Å². The van der Waals surface area contributed by atoms with Crippen molar-refractivity contribution in [2.24, 2.45) is 0 Å². The van der Waals surface area contributed by atoms with Crippen molar-refractivity contribution < 1.29 is 14.3 Å². The van der Waals surface area contributed by atoms with Crippen LogP contribution in [0.4, 0.5) is 10.2 Å². The molecule has 150 valence electrons. The van der Waals surface area contributed by atoms with Gasteiger partial charge in [-0.25, -0.2) is 23.7 Å². The van der Waals surface area contributed by atoms with E-state index in [0.29, 0.717) is 5.65 Å². The number of aromatic carboxylic acids is 1. The summed E-state index contributed by atoms with van der Waals surface area (Å²) in [5.74, 6) is -0.530. The second-order valence-electron chi connectivity index (χ2n) is 7.25. The minimum atomic E-state index is -1.07. The average Bonchev–Trinajstić information content (AvgIpc) is 3.40. The van der Waals surface area contributed by atoms with E-state index < -0.39 is 5.97 Å². The van der Waals surface area contributed by atoms with Crippen LogP contribution in [-0.4, -0.2) is 37.2 Å². The van der Waals surface area contributed by atoms with Gasteiger partial charge in [0.15, 0.2) is 5.65 Å².